The Labute approximate surface area is 308 Å². The SMILES string of the molecule is C=C1C[C@@H]2CC[C@]34C[C@@H](O)[C@H](O3)[C@H]3C[C@@H](O4)[C@H]4O[C@H](CC[C@@H]4O3)CC(=O)C[C@H]3C(C[C@H]4O[C@@H](CC[C@@H]1O2)C[C@@H](C)C4=C)O[C@H](C[C@H](O)CN)[C@@H]3OC. The first-order valence-electron chi connectivity index (χ1n) is 20.1. The quantitative estimate of drug-likeness (QED) is 0.363. The summed E-state index contributed by atoms with van der Waals surface area (Å²) in [6, 6.07) is 0. The zero-order valence-electron chi connectivity index (χ0n) is 31.0. The third kappa shape index (κ3) is 7.48. The van der Waals surface area contributed by atoms with E-state index in [9.17, 15) is 15.0 Å². The second-order valence-electron chi connectivity index (χ2n) is 17.2. The monoisotopic (exact) mass is 731 g/mol. The Morgan fingerprint density at radius 1 is 0.846 bits per heavy atom. The Balaban J connectivity index is 1.06. The lowest BCUT2D eigenvalue weighted by atomic mass is 9.81. The van der Waals surface area contributed by atoms with Crippen LogP contribution in [0.3, 0.4) is 0 Å². The van der Waals surface area contributed by atoms with Gasteiger partial charge in [-0.2, -0.15) is 0 Å². The Kier molecular flexibility index (Phi) is 11.1. The van der Waals surface area contributed by atoms with Gasteiger partial charge in [-0.25, -0.2) is 0 Å². The molecule has 1 spiro atoms. The van der Waals surface area contributed by atoms with Crippen LogP contribution >= 0.6 is 0 Å². The van der Waals surface area contributed by atoms with Gasteiger partial charge in [-0.3, -0.25) is 4.79 Å². The predicted molar refractivity (Wildman–Crippen MR) is 188 cm³/mol. The Bertz CT molecular complexity index is 1330. The molecule has 0 radical (unpaired) electrons. The molecule has 0 aromatic heterocycles. The van der Waals surface area contributed by atoms with Crippen molar-refractivity contribution in [3.8, 4) is 0 Å². The Morgan fingerprint density at radius 2 is 1.63 bits per heavy atom. The van der Waals surface area contributed by atoms with Crippen molar-refractivity contribution in [3.05, 3.63) is 24.3 Å². The molecule has 12 heteroatoms. The molecule has 4 N–H and O–H groups in total. The minimum atomic E-state index is -0.947. The van der Waals surface area contributed by atoms with E-state index in [1.165, 1.54) is 0 Å². The first-order chi connectivity index (χ1) is 25.0. The fraction of sp³-hybridized carbons (Fsp3) is 0.875. The van der Waals surface area contributed by atoms with E-state index in [1.54, 1.807) is 7.11 Å². The number of carbonyl (C=O) groups is 1. The summed E-state index contributed by atoms with van der Waals surface area (Å²) in [6.07, 6.45) is 3.90. The topological polar surface area (TPSA) is 157 Å². The average molecular weight is 732 g/mol. The van der Waals surface area contributed by atoms with E-state index < -0.39 is 30.2 Å². The van der Waals surface area contributed by atoms with E-state index in [0.29, 0.717) is 38.5 Å². The van der Waals surface area contributed by atoms with Gasteiger partial charge < -0.3 is 53.8 Å². The number of hydrogen-bond acceptors (Lipinski definition) is 12. The van der Waals surface area contributed by atoms with Gasteiger partial charge in [0.25, 0.3) is 0 Å². The van der Waals surface area contributed by atoms with Crippen molar-refractivity contribution in [2.75, 3.05) is 13.7 Å². The number of Topliss-reactive ketones (excluding diaryl/α,β-unsaturated/α-hetero) is 1. The van der Waals surface area contributed by atoms with Crippen LogP contribution in [-0.2, 0) is 42.7 Å². The molecule has 1 unspecified atom stereocenters. The number of methoxy groups -OCH3 is 1. The maximum atomic E-state index is 14.0. The van der Waals surface area contributed by atoms with Gasteiger partial charge in [0, 0.05) is 64.5 Å². The predicted octanol–water partition coefficient (Wildman–Crippen LogP) is 3.42. The molecule has 0 aromatic rings. The lowest BCUT2D eigenvalue weighted by Crippen LogP contribution is -2.58. The number of aliphatic hydroxyl groups excluding tert-OH is 2. The van der Waals surface area contributed by atoms with E-state index in [2.05, 4.69) is 20.1 Å². The molecule has 8 aliphatic heterocycles. The van der Waals surface area contributed by atoms with Gasteiger partial charge in [-0.05, 0) is 62.0 Å². The summed E-state index contributed by atoms with van der Waals surface area (Å²) in [5, 5.41) is 21.7. The lowest BCUT2D eigenvalue weighted by Gasteiger charge is -2.47. The summed E-state index contributed by atoms with van der Waals surface area (Å²) < 4.78 is 52.9. The average Bonchev–Trinajstić information content (AvgIpc) is 3.72. The molecule has 8 saturated heterocycles. The van der Waals surface area contributed by atoms with Crippen molar-refractivity contribution in [3.63, 3.8) is 0 Å². The lowest BCUT2D eigenvalue weighted by molar-refractivity contribution is -0.277. The summed E-state index contributed by atoms with van der Waals surface area (Å²) >= 11 is 0. The van der Waals surface area contributed by atoms with Gasteiger partial charge in [0.2, 0.25) is 0 Å². The number of aliphatic hydroxyl groups is 2. The van der Waals surface area contributed by atoms with Crippen molar-refractivity contribution in [2.24, 2.45) is 17.6 Å². The van der Waals surface area contributed by atoms with E-state index in [-0.39, 0.29) is 104 Å². The van der Waals surface area contributed by atoms with Crippen molar-refractivity contribution >= 4 is 5.78 Å². The minimum Gasteiger partial charge on any atom is -0.392 e. The van der Waals surface area contributed by atoms with Crippen molar-refractivity contribution in [1.82, 2.24) is 0 Å². The standard InChI is InChI=1S/C40H61NO11/c1-20-11-25-5-7-30-21(2)12-27(46-30)9-10-40-18-29(44)38(52-40)35-17-36(51-40)39-31(49-35)8-6-26(48-39)13-23(42)14-28-33(16-32(47-25)22(20)3)50-34(37(28)45-4)15-24(43)19-41/h20,24-39,43-44H,2-3,5-19,41H2,1,4H3/t20-,24+,25+,26-,27+,28+,29-,30+,31+,32-,33?,34-,35-,36-,37-,38+,39+,40-/m1/s1. The zero-order chi connectivity index (χ0) is 36.3. The molecule has 8 fully saturated rings. The summed E-state index contributed by atoms with van der Waals surface area (Å²) in [4.78, 5) is 14.0. The first-order valence-corrected chi connectivity index (χ1v) is 20.1. The van der Waals surface area contributed by atoms with Crippen LogP contribution in [0.2, 0.25) is 0 Å². The fourth-order valence-corrected chi connectivity index (χ4v) is 10.8. The van der Waals surface area contributed by atoms with Crippen LogP contribution in [0.1, 0.15) is 96.8 Å². The highest BCUT2D eigenvalue weighted by atomic mass is 16.7. The number of hydrogen-bond donors (Lipinski definition) is 3. The Morgan fingerprint density at radius 3 is 2.44 bits per heavy atom. The molecule has 0 aromatic carbocycles. The van der Waals surface area contributed by atoms with Gasteiger partial charge in [0.05, 0.1) is 79.4 Å². The van der Waals surface area contributed by atoms with Gasteiger partial charge in [0.1, 0.15) is 18.0 Å². The van der Waals surface area contributed by atoms with Crippen LogP contribution in [0.15, 0.2) is 24.3 Å². The molecule has 10 bridgehead atoms. The number of nitrogens with two attached hydrogens (primary N) is 1. The maximum absolute atomic E-state index is 14.0. The summed E-state index contributed by atoms with van der Waals surface area (Å²) in [5.41, 5.74) is 7.96. The maximum Gasteiger partial charge on any atom is 0.172 e. The van der Waals surface area contributed by atoms with Crippen LogP contribution in [0.25, 0.3) is 0 Å². The molecule has 0 aliphatic carbocycles. The largest absolute Gasteiger partial charge is 0.392 e. The number of ketones is 1. The molecular weight excluding hydrogens is 670 g/mol. The van der Waals surface area contributed by atoms with E-state index >= 15 is 0 Å². The molecule has 0 amide bonds. The highest BCUT2D eigenvalue weighted by Crippen LogP contribution is 2.49. The van der Waals surface area contributed by atoms with Gasteiger partial charge in [-0.1, -0.05) is 20.1 Å². The fourth-order valence-electron chi connectivity index (χ4n) is 10.8. The second-order valence-corrected chi connectivity index (χ2v) is 17.2. The number of fused-ring (bicyclic) bond motifs is 9. The highest BCUT2D eigenvalue weighted by Gasteiger charge is 2.59. The molecule has 8 heterocycles. The molecule has 52 heavy (non-hydrogen) atoms. The summed E-state index contributed by atoms with van der Waals surface area (Å²) in [7, 11) is 1.65. The molecule has 292 valence electrons. The van der Waals surface area contributed by atoms with Gasteiger partial charge in [0.15, 0.2) is 5.79 Å². The van der Waals surface area contributed by atoms with Crippen LogP contribution in [0.5, 0.6) is 0 Å². The molecule has 8 aliphatic rings. The Hall–Kier alpha value is -1.29. The van der Waals surface area contributed by atoms with E-state index in [0.717, 1.165) is 49.7 Å². The van der Waals surface area contributed by atoms with Crippen LogP contribution in [-0.4, -0.2) is 127 Å². The summed E-state index contributed by atoms with van der Waals surface area (Å²) in [6.45, 7) is 11.2. The molecule has 0 saturated carbocycles. The second kappa shape index (κ2) is 15.3. The van der Waals surface area contributed by atoms with Crippen LogP contribution < -0.4 is 5.73 Å². The van der Waals surface area contributed by atoms with Crippen LogP contribution in [0.4, 0.5) is 0 Å². The van der Waals surface area contributed by atoms with Crippen molar-refractivity contribution in [2.45, 2.75) is 194 Å². The third-order valence-electron chi connectivity index (χ3n) is 13.6. The normalized spacial score (nSPS) is 50.4. The smallest absolute Gasteiger partial charge is 0.172 e. The molecular formula is C40H61NO11. The number of rotatable bonds is 4. The zero-order valence-corrected chi connectivity index (χ0v) is 31.0. The first kappa shape index (κ1) is 37.6. The van der Waals surface area contributed by atoms with Crippen LogP contribution in [0, 0.1) is 11.8 Å². The van der Waals surface area contributed by atoms with E-state index in [1.807, 2.05) is 0 Å². The van der Waals surface area contributed by atoms with Gasteiger partial charge >= 0.3 is 0 Å². The van der Waals surface area contributed by atoms with Crippen molar-refractivity contribution < 1.29 is 52.9 Å². The summed E-state index contributed by atoms with van der Waals surface area (Å²) in [5.74, 6) is -0.819. The third-order valence-corrected chi connectivity index (χ3v) is 13.6. The number of ether oxygens (including phenoxy) is 8. The highest BCUT2D eigenvalue weighted by molar-refractivity contribution is 5.79. The van der Waals surface area contributed by atoms with Gasteiger partial charge in [-0.15, -0.1) is 0 Å². The molecule has 12 nitrogen and oxygen atoms in total. The minimum absolute atomic E-state index is 0.00397. The van der Waals surface area contributed by atoms with Crippen molar-refractivity contribution in [1.29, 1.82) is 0 Å². The molecule has 18 atom stereocenters. The van der Waals surface area contributed by atoms with E-state index in [4.69, 9.17) is 43.6 Å². The molecule has 8 rings (SSSR count). The number of carbonyl (C=O) groups excluding carboxylic acids is 1.